The molecule has 33 heavy (non-hydrogen) atoms. The number of anilines is 1. The van der Waals surface area contributed by atoms with Gasteiger partial charge in [0.1, 0.15) is 0 Å². The fraction of sp³-hybridized carbons (Fsp3) is 0.375. The van der Waals surface area contributed by atoms with Crippen LogP contribution in [0.15, 0.2) is 58.8 Å². The maximum Gasteiger partial charge on any atom is 0.269 e. The van der Waals surface area contributed by atoms with Crippen LogP contribution in [-0.4, -0.2) is 36.7 Å². The molecule has 0 N–H and O–H groups in total. The van der Waals surface area contributed by atoms with Crippen molar-refractivity contribution in [3.8, 4) is 0 Å². The van der Waals surface area contributed by atoms with Crippen molar-refractivity contribution in [3.63, 3.8) is 0 Å². The molecule has 0 saturated carbocycles. The van der Waals surface area contributed by atoms with Crippen LogP contribution in [0.4, 0.5) is 10.8 Å². The van der Waals surface area contributed by atoms with Crippen molar-refractivity contribution in [2.75, 3.05) is 18.0 Å². The van der Waals surface area contributed by atoms with Gasteiger partial charge in [-0.05, 0) is 42.5 Å². The van der Waals surface area contributed by atoms with Crippen LogP contribution in [0, 0.1) is 10.1 Å². The highest BCUT2D eigenvalue weighted by molar-refractivity contribution is 7.92. The maximum absolute atomic E-state index is 13.0. The molecule has 0 amide bonds. The number of piperidine rings is 1. The first-order valence-corrected chi connectivity index (χ1v) is 13.5. The topological polar surface area (TPSA) is 93.4 Å². The standard InChI is InChI=1S/C24H27N3O4S2/c1-2-3-18-4-6-19(7-5-18)16-20-17-32-24(25-20)26-14-12-23(13-15-26)33(30,31)22-10-8-21(9-11-22)27(28)29/h4-11,17,23H,2-3,12-16H2,1H3. The van der Waals surface area contributed by atoms with Crippen LogP contribution in [0.2, 0.25) is 0 Å². The number of aromatic nitrogens is 1. The SMILES string of the molecule is CCCc1ccc(Cc2csc(N3CCC(S(=O)(=O)c4ccc([N+](=O)[O-])cc4)CC3)n2)cc1. The molecule has 2 heterocycles. The van der Waals surface area contributed by atoms with Crippen molar-refractivity contribution in [2.45, 2.75) is 49.2 Å². The van der Waals surface area contributed by atoms with Gasteiger partial charge in [0.15, 0.2) is 15.0 Å². The minimum absolute atomic E-state index is 0.111. The Morgan fingerprint density at radius 1 is 1.06 bits per heavy atom. The van der Waals surface area contributed by atoms with Crippen LogP contribution >= 0.6 is 11.3 Å². The van der Waals surface area contributed by atoms with Crippen LogP contribution in [0.25, 0.3) is 0 Å². The third-order valence-corrected chi connectivity index (χ3v) is 9.24. The van der Waals surface area contributed by atoms with Gasteiger partial charge in [0, 0.05) is 37.0 Å². The molecule has 1 saturated heterocycles. The van der Waals surface area contributed by atoms with Gasteiger partial charge >= 0.3 is 0 Å². The molecule has 4 rings (SSSR count). The second-order valence-electron chi connectivity index (χ2n) is 8.35. The Kier molecular flexibility index (Phi) is 7.09. The zero-order valence-corrected chi connectivity index (χ0v) is 20.1. The summed E-state index contributed by atoms with van der Waals surface area (Å²) in [6.45, 7) is 3.42. The third-order valence-electron chi connectivity index (χ3n) is 6.01. The van der Waals surface area contributed by atoms with Crippen LogP contribution in [0.1, 0.15) is 43.0 Å². The zero-order valence-electron chi connectivity index (χ0n) is 18.5. The smallest absolute Gasteiger partial charge is 0.269 e. The van der Waals surface area contributed by atoms with Gasteiger partial charge in [0.2, 0.25) is 0 Å². The van der Waals surface area contributed by atoms with Crippen molar-refractivity contribution < 1.29 is 13.3 Å². The molecule has 2 aromatic carbocycles. The fourth-order valence-electron chi connectivity index (χ4n) is 4.15. The van der Waals surface area contributed by atoms with E-state index in [1.54, 1.807) is 11.3 Å². The summed E-state index contributed by atoms with van der Waals surface area (Å²) in [7, 11) is -3.52. The summed E-state index contributed by atoms with van der Waals surface area (Å²) in [5.74, 6) is 0. The predicted molar refractivity (Wildman–Crippen MR) is 131 cm³/mol. The van der Waals surface area contributed by atoms with Crippen molar-refractivity contribution >= 4 is 32.0 Å². The van der Waals surface area contributed by atoms with Gasteiger partial charge in [-0.1, -0.05) is 37.6 Å². The minimum atomic E-state index is -3.52. The number of sulfone groups is 1. The number of rotatable bonds is 8. The van der Waals surface area contributed by atoms with E-state index in [2.05, 4.69) is 41.5 Å². The van der Waals surface area contributed by atoms with E-state index < -0.39 is 20.0 Å². The molecular weight excluding hydrogens is 458 g/mol. The molecule has 7 nitrogen and oxygen atoms in total. The summed E-state index contributed by atoms with van der Waals surface area (Å²) in [5.41, 5.74) is 3.51. The molecular formula is C24H27N3O4S2. The van der Waals surface area contributed by atoms with Gasteiger partial charge in [-0.15, -0.1) is 11.3 Å². The molecule has 1 aliphatic heterocycles. The molecule has 3 aromatic rings. The van der Waals surface area contributed by atoms with Crippen LogP contribution < -0.4 is 4.90 Å². The number of aryl methyl sites for hydroxylation is 1. The second-order valence-corrected chi connectivity index (χ2v) is 11.4. The lowest BCUT2D eigenvalue weighted by Gasteiger charge is -2.31. The number of nitro benzene ring substituents is 1. The zero-order chi connectivity index (χ0) is 23.4. The maximum atomic E-state index is 13.0. The lowest BCUT2D eigenvalue weighted by atomic mass is 10.1. The molecule has 0 bridgehead atoms. The highest BCUT2D eigenvalue weighted by Gasteiger charge is 2.32. The molecule has 0 aliphatic carbocycles. The number of nitrogens with zero attached hydrogens (tertiary/aromatic N) is 3. The van der Waals surface area contributed by atoms with E-state index in [0.29, 0.717) is 25.9 Å². The quantitative estimate of drug-likeness (QED) is 0.328. The van der Waals surface area contributed by atoms with Crippen molar-refractivity contribution in [1.29, 1.82) is 0 Å². The molecule has 1 fully saturated rings. The van der Waals surface area contributed by atoms with Gasteiger partial charge in [-0.3, -0.25) is 10.1 Å². The molecule has 9 heteroatoms. The summed E-state index contributed by atoms with van der Waals surface area (Å²) in [6.07, 6.45) is 4.03. The molecule has 1 aromatic heterocycles. The minimum Gasteiger partial charge on any atom is -0.348 e. The predicted octanol–water partition coefficient (Wildman–Crippen LogP) is 5.04. The Morgan fingerprint density at radius 3 is 2.30 bits per heavy atom. The summed E-state index contributed by atoms with van der Waals surface area (Å²) in [6, 6.07) is 13.9. The highest BCUT2D eigenvalue weighted by atomic mass is 32.2. The van der Waals surface area contributed by atoms with E-state index in [1.165, 1.54) is 35.4 Å². The van der Waals surface area contributed by atoms with Crippen molar-refractivity contribution in [1.82, 2.24) is 4.98 Å². The molecule has 0 spiro atoms. The van der Waals surface area contributed by atoms with Gasteiger partial charge in [0.05, 0.1) is 20.8 Å². The number of hydrogen-bond acceptors (Lipinski definition) is 7. The van der Waals surface area contributed by atoms with E-state index >= 15 is 0 Å². The van der Waals surface area contributed by atoms with Gasteiger partial charge in [-0.25, -0.2) is 13.4 Å². The number of thiazole rings is 1. The summed E-state index contributed by atoms with van der Waals surface area (Å²) in [4.78, 5) is 17.4. The molecule has 1 aliphatic rings. The van der Waals surface area contributed by atoms with E-state index in [4.69, 9.17) is 4.98 Å². The summed E-state index contributed by atoms with van der Waals surface area (Å²) in [5, 5.41) is 13.3. The third kappa shape index (κ3) is 5.42. The Bertz CT molecular complexity index is 1200. The number of benzene rings is 2. The van der Waals surface area contributed by atoms with Gasteiger partial charge in [-0.2, -0.15) is 0 Å². The van der Waals surface area contributed by atoms with Crippen molar-refractivity contribution in [3.05, 3.63) is 80.8 Å². The molecule has 174 valence electrons. The number of non-ortho nitro benzene ring substituents is 1. The monoisotopic (exact) mass is 485 g/mol. The van der Waals surface area contributed by atoms with E-state index in [0.717, 1.165) is 30.1 Å². The average Bonchev–Trinajstić information content (AvgIpc) is 3.29. The molecule has 0 unspecified atom stereocenters. The summed E-state index contributed by atoms with van der Waals surface area (Å²) < 4.78 is 26.0. The van der Waals surface area contributed by atoms with Gasteiger partial charge in [0.25, 0.3) is 5.69 Å². The van der Waals surface area contributed by atoms with E-state index in [9.17, 15) is 18.5 Å². The lowest BCUT2D eigenvalue weighted by molar-refractivity contribution is -0.384. The Hall–Kier alpha value is -2.78. The van der Waals surface area contributed by atoms with Crippen molar-refractivity contribution in [2.24, 2.45) is 0 Å². The Morgan fingerprint density at radius 2 is 1.70 bits per heavy atom. The second kappa shape index (κ2) is 10.0. The first-order chi connectivity index (χ1) is 15.9. The van der Waals surface area contributed by atoms with Crippen LogP contribution in [0.5, 0.6) is 0 Å². The normalized spacial score (nSPS) is 15.0. The van der Waals surface area contributed by atoms with Gasteiger partial charge < -0.3 is 4.90 Å². The number of hydrogen-bond donors (Lipinski definition) is 0. The Labute approximate surface area is 198 Å². The molecule has 0 radical (unpaired) electrons. The molecule has 0 atom stereocenters. The van der Waals surface area contributed by atoms with E-state index in [-0.39, 0.29) is 10.6 Å². The highest BCUT2D eigenvalue weighted by Crippen LogP contribution is 2.30. The fourth-order valence-corrected chi connectivity index (χ4v) is 6.76. The number of nitro groups is 1. The first kappa shape index (κ1) is 23.4. The largest absolute Gasteiger partial charge is 0.348 e. The van der Waals surface area contributed by atoms with E-state index in [1.807, 2.05) is 0 Å². The summed E-state index contributed by atoms with van der Waals surface area (Å²) >= 11 is 1.60. The van der Waals surface area contributed by atoms with Crippen LogP contribution in [-0.2, 0) is 22.7 Å². The van der Waals surface area contributed by atoms with Crippen LogP contribution in [0.3, 0.4) is 0 Å². The first-order valence-electron chi connectivity index (χ1n) is 11.1. The lowest BCUT2D eigenvalue weighted by Crippen LogP contribution is -2.39. The average molecular weight is 486 g/mol. The Balaban J connectivity index is 1.36.